The number of carbonyl (C=O) groups excluding carboxylic acids is 3. The maximum atomic E-state index is 13.4. The number of hydrogen-bond donors (Lipinski definition) is 1. The van der Waals surface area contributed by atoms with Crippen LogP contribution in [0, 0.1) is 11.8 Å². The fourth-order valence-electron chi connectivity index (χ4n) is 5.03. The zero-order valence-corrected chi connectivity index (χ0v) is 18.3. The van der Waals surface area contributed by atoms with Gasteiger partial charge in [-0.15, -0.1) is 0 Å². The highest BCUT2D eigenvalue weighted by atomic mass is 16.2. The van der Waals surface area contributed by atoms with Crippen molar-refractivity contribution in [2.75, 3.05) is 11.9 Å². The normalized spacial score (nSPS) is 20.6. The van der Waals surface area contributed by atoms with Crippen molar-refractivity contribution in [2.45, 2.75) is 52.4 Å². The molecule has 0 bridgehead atoms. The second kappa shape index (κ2) is 9.04. The predicted octanol–water partition coefficient (Wildman–Crippen LogP) is 4.85. The summed E-state index contributed by atoms with van der Waals surface area (Å²) >= 11 is 0. The molecule has 2 aromatic rings. The molecule has 1 saturated carbocycles. The Morgan fingerprint density at radius 1 is 0.903 bits per heavy atom. The molecule has 1 N–H and O–H groups in total. The van der Waals surface area contributed by atoms with Crippen LogP contribution in [-0.2, 0) is 17.6 Å². The topological polar surface area (TPSA) is 66.5 Å². The number of nitrogens with zero attached hydrogens (tertiary/aromatic N) is 1. The van der Waals surface area contributed by atoms with Gasteiger partial charge in [0, 0.05) is 18.2 Å². The van der Waals surface area contributed by atoms with Crippen molar-refractivity contribution in [1.82, 2.24) is 4.90 Å². The number of aryl methyl sites for hydroxylation is 2. The molecule has 0 spiro atoms. The summed E-state index contributed by atoms with van der Waals surface area (Å²) in [4.78, 5) is 40.4. The molecule has 3 amide bonds. The number of nitrogens with one attached hydrogen (secondary N) is 1. The van der Waals surface area contributed by atoms with Crippen LogP contribution in [0.2, 0.25) is 0 Å². The molecule has 2 atom stereocenters. The first-order valence-corrected chi connectivity index (χ1v) is 11.4. The minimum absolute atomic E-state index is 0.0110. The molecule has 2 unspecified atom stereocenters. The third-order valence-corrected chi connectivity index (χ3v) is 6.79. The average molecular weight is 419 g/mol. The monoisotopic (exact) mass is 418 g/mol. The summed E-state index contributed by atoms with van der Waals surface area (Å²) in [6.07, 6.45) is 5.35. The molecule has 4 rings (SSSR count). The molecule has 1 fully saturated rings. The Hall–Kier alpha value is -2.95. The van der Waals surface area contributed by atoms with Crippen molar-refractivity contribution < 1.29 is 14.4 Å². The summed E-state index contributed by atoms with van der Waals surface area (Å²) in [6.45, 7) is 4.49. The smallest absolute Gasteiger partial charge is 0.261 e. The van der Waals surface area contributed by atoms with Gasteiger partial charge in [0.1, 0.15) is 0 Å². The van der Waals surface area contributed by atoms with E-state index in [1.165, 1.54) is 4.90 Å². The zero-order valence-electron chi connectivity index (χ0n) is 18.3. The summed E-state index contributed by atoms with van der Waals surface area (Å²) < 4.78 is 0. The number of anilines is 1. The van der Waals surface area contributed by atoms with Crippen LogP contribution in [0.3, 0.4) is 0 Å². The second-order valence-corrected chi connectivity index (χ2v) is 8.57. The van der Waals surface area contributed by atoms with Gasteiger partial charge in [-0.05, 0) is 54.9 Å². The Morgan fingerprint density at radius 2 is 1.48 bits per heavy atom. The highest BCUT2D eigenvalue weighted by Crippen LogP contribution is 2.35. The molecule has 1 aliphatic heterocycles. The Morgan fingerprint density at radius 3 is 2.06 bits per heavy atom. The number of amides is 3. The highest BCUT2D eigenvalue weighted by molar-refractivity contribution is 6.21. The van der Waals surface area contributed by atoms with E-state index in [1.54, 1.807) is 24.3 Å². The van der Waals surface area contributed by atoms with E-state index in [1.807, 2.05) is 6.07 Å². The van der Waals surface area contributed by atoms with E-state index in [2.05, 4.69) is 31.3 Å². The minimum Gasteiger partial charge on any atom is -0.325 e. The van der Waals surface area contributed by atoms with Crippen LogP contribution in [0.15, 0.2) is 42.5 Å². The van der Waals surface area contributed by atoms with Gasteiger partial charge in [0.2, 0.25) is 5.91 Å². The van der Waals surface area contributed by atoms with Crippen molar-refractivity contribution in [2.24, 2.45) is 11.8 Å². The lowest BCUT2D eigenvalue weighted by Gasteiger charge is -2.33. The van der Waals surface area contributed by atoms with Crippen LogP contribution in [0.5, 0.6) is 0 Å². The molecule has 1 aliphatic carbocycles. The standard InChI is InChI=1S/C26H30N2O3/c1-3-17-11-9-12-18(4-2)23(17)27-24(29)20-13-6-5-10-19(20)16-28-25(30)21-14-7-8-15-22(21)26(28)31/h7-9,11-12,14-15,19-20H,3-6,10,13,16H2,1-2H3,(H,27,29). The Labute approximate surface area is 183 Å². The van der Waals surface area contributed by atoms with Crippen LogP contribution in [0.25, 0.3) is 0 Å². The first kappa shape index (κ1) is 21.3. The minimum atomic E-state index is -0.241. The predicted molar refractivity (Wildman–Crippen MR) is 121 cm³/mol. The van der Waals surface area contributed by atoms with Gasteiger partial charge in [0.15, 0.2) is 0 Å². The van der Waals surface area contributed by atoms with E-state index in [9.17, 15) is 14.4 Å². The molecular formula is C26H30N2O3. The quantitative estimate of drug-likeness (QED) is 0.682. The molecule has 5 nitrogen and oxygen atoms in total. The first-order chi connectivity index (χ1) is 15.0. The molecule has 31 heavy (non-hydrogen) atoms. The van der Waals surface area contributed by atoms with Crippen molar-refractivity contribution in [3.63, 3.8) is 0 Å². The molecule has 162 valence electrons. The molecule has 2 aliphatic rings. The van der Waals surface area contributed by atoms with Gasteiger partial charge < -0.3 is 5.32 Å². The SMILES string of the molecule is CCc1cccc(CC)c1NC(=O)C1CCCCC1CN1C(=O)c2ccccc2C1=O. The summed E-state index contributed by atoms with van der Waals surface area (Å²) in [6, 6.07) is 13.1. The largest absolute Gasteiger partial charge is 0.325 e. The van der Waals surface area contributed by atoms with Crippen LogP contribution in [-0.4, -0.2) is 29.2 Å². The van der Waals surface area contributed by atoms with Gasteiger partial charge >= 0.3 is 0 Å². The van der Waals surface area contributed by atoms with Crippen molar-refractivity contribution in [1.29, 1.82) is 0 Å². The van der Waals surface area contributed by atoms with E-state index >= 15 is 0 Å². The zero-order chi connectivity index (χ0) is 22.0. The number of carbonyl (C=O) groups is 3. The van der Waals surface area contributed by atoms with E-state index in [0.29, 0.717) is 17.7 Å². The fourth-order valence-corrected chi connectivity index (χ4v) is 5.03. The Kier molecular flexibility index (Phi) is 6.21. The molecular weight excluding hydrogens is 388 g/mol. The number of rotatable bonds is 6. The van der Waals surface area contributed by atoms with Gasteiger partial charge in [-0.2, -0.15) is 0 Å². The average Bonchev–Trinajstić information content (AvgIpc) is 3.04. The number of hydrogen-bond acceptors (Lipinski definition) is 3. The maximum absolute atomic E-state index is 13.4. The van der Waals surface area contributed by atoms with E-state index in [-0.39, 0.29) is 29.6 Å². The fraction of sp³-hybridized carbons (Fsp3) is 0.423. The number of imide groups is 1. The lowest BCUT2D eigenvalue weighted by Crippen LogP contribution is -2.41. The molecule has 0 radical (unpaired) electrons. The van der Waals surface area contributed by atoms with Crippen LogP contribution in [0.1, 0.15) is 71.4 Å². The summed E-state index contributed by atoms with van der Waals surface area (Å²) in [5, 5.41) is 3.22. The van der Waals surface area contributed by atoms with Crippen LogP contribution < -0.4 is 5.32 Å². The lowest BCUT2D eigenvalue weighted by atomic mass is 9.78. The second-order valence-electron chi connectivity index (χ2n) is 8.57. The van der Waals surface area contributed by atoms with Gasteiger partial charge in [0.05, 0.1) is 11.1 Å². The van der Waals surface area contributed by atoms with E-state index in [0.717, 1.165) is 55.3 Å². The third-order valence-electron chi connectivity index (χ3n) is 6.79. The summed E-state index contributed by atoms with van der Waals surface area (Å²) in [5.74, 6) is -0.690. The summed E-state index contributed by atoms with van der Waals surface area (Å²) in [5.41, 5.74) is 4.14. The summed E-state index contributed by atoms with van der Waals surface area (Å²) in [7, 11) is 0. The van der Waals surface area contributed by atoms with Crippen molar-refractivity contribution in [3.8, 4) is 0 Å². The molecule has 0 saturated heterocycles. The van der Waals surface area contributed by atoms with Gasteiger partial charge in [-0.3, -0.25) is 19.3 Å². The molecule has 0 aromatic heterocycles. The van der Waals surface area contributed by atoms with Crippen LogP contribution >= 0.6 is 0 Å². The van der Waals surface area contributed by atoms with Crippen molar-refractivity contribution >= 4 is 23.4 Å². The Bertz CT molecular complexity index is 956. The van der Waals surface area contributed by atoms with Gasteiger partial charge in [-0.1, -0.05) is 57.0 Å². The number of benzene rings is 2. The van der Waals surface area contributed by atoms with Crippen molar-refractivity contribution in [3.05, 3.63) is 64.7 Å². The number of fused-ring (bicyclic) bond motifs is 1. The Balaban J connectivity index is 1.53. The maximum Gasteiger partial charge on any atom is 0.261 e. The lowest BCUT2D eigenvalue weighted by molar-refractivity contribution is -0.122. The van der Waals surface area contributed by atoms with E-state index < -0.39 is 0 Å². The van der Waals surface area contributed by atoms with E-state index in [4.69, 9.17) is 0 Å². The molecule has 5 heteroatoms. The molecule has 1 heterocycles. The highest BCUT2D eigenvalue weighted by Gasteiger charge is 2.40. The third kappa shape index (κ3) is 4.01. The molecule has 2 aromatic carbocycles. The van der Waals surface area contributed by atoms with Crippen LogP contribution in [0.4, 0.5) is 5.69 Å². The van der Waals surface area contributed by atoms with Gasteiger partial charge in [0.25, 0.3) is 11.8 Å². The van der Waals surface area contributed by atoms with Gasteiger partial charge in [-0.25, -0.2) is 0 Å². The number of para-hydroxylation sites is 1. The first-order valence-electron chi connectivity index (χ1n) is 11.4.